The molecule has 0 atom stereocenters. The second-order valence-electron chi connectivity index (χ2n) is 6.80. The molecule has 1 fully saturated rings. The Bertz CT molecular complexity index is 919. The van der Waals surface area contributed by atoms with Gasteiger partial charge in [0.15, 0.2) is 0 Å². The third kappa shape index (κ3) is 4.99. The highest BCUT2D eigenvalue weighted by Crippen LogP contribution is 2.32. The molecule has 3 rings (SSSR count). The number of anilines is 1. The van der Waals surface area contributed by atoms with Gasteiger partial charge in [0.1, 0.15) is 16.5 Å². The summed E-state index contributed by atoms with van der Waals surface area (Å²) in [5, 5.41) is 3.25. The second kappa shape index (κ2) is 9.34. The number of nitrogens with zero attached hydrogens (tertiary/aromatic N) is 3. The molecular weight excluding hydrogens is 400 g/mol. The Hall–Kier alpha value is -2.19. The fourth-order valence-electron chi connectivity index (χ4n) is 3.34. The number of pyridine rings is 2. The SMILES string of the molecule is Cc1cccnc1-c1cc(N2CCC(C(=O)NCC[SH](=O)=O)CC2)ncc1Cl. The van der Waals surface area contributed by atoms with E-state index in [1.807, 2.05) is 25.1 Å². The number of halogens is 1. The highest BCUT2D eigenvalue weighted by Gasteiger charge is 2.26. The van der Waals surface area contributed by atoms with E-state index in [1.54, 1.807) is 12.4 Å². The van der Waals surface area contributed by atoms with E-state index in [0.717, 1.165) is 22.6 Å². The van der Waals surface area contributed by atoms with Crippen molar-refractivity contribution in [1.29, 1.82) is 0 Å². The Morgan fingerprint density at radius 3 is 2.75 bits per heavy atom. The van der Waals surface area contributed by atoms with Gasteiger partial charge in [0, 0.05) is 43.5 Å². The molecule has 3 heterocycles. The van der Waals surface area contributed by atoms with Crippen LogP contribution in [0.5, 0.6) is 0 Å². The topological polar surface area (TPSA) is 92.3 Å². The van der Waals surface area contributed by atoms with E-state index >= 15 is 0 Å². The van der Waals surface area contributed by atoms with E-state index in [4.69, 9.17) is 11.6 Å². The Balaban J connectivity index is 1.66. The molecule has 0 radical (unpaired) electrons. The average molecular weight is 423 g/mol. The largest absolute Gasteiger partial charge is 0.357 e. The van der Waals surface area contributed by atoms with E-state index in [0.29, 0.717) is 31.0 Å². The summed E-state index contributed by atoms with van der Waals surface area (Å²) in [7, 11) is -2.46. The van der Waals surface area contributed by atoms with Gasteiger partial charge in [-0.2, -0.15) is 0 Å². The average Bonchev–Trinajstić information content (AvgIpc) is 2.69. The van der Waals surface area contributed by atoms with Crippen molar-refractivity contribution >= 4 is 34.0 Å². The van der Waals surface area contributed by atoms with Gasteiger partial charge in [0.2, 0.25) is 5.91 Å². The maximum atomic E-state index is 12.2. The Labute approximate surface area is 171 Å². The summed E-state index contributed by atoms with van der Waals surface area (Å²) >= 11 is 6.36. The van der Waals surface area contributed by atoms with Crippen LogP contribution in [0.1, 0.15) is 18.4 Å². The molecule has 0 saturated carbocycles. The van der Waals surface area contributed by atoms with Crippen LogP contribution in [0.15, 0.2) is 30.6 Å². The normalized spacial score (nSPS) is 15.0. The molecule has 2 aromatic rings. The van der Waals surface area contributed by atoms with E-state index in [1.165, 1.54) is 0 Å². The van der Waals surface area contributed by atoms with Gasteiger partial charge >= 0.3 is 0 Å². The Morgan fingerprint density at radius 1 is 1.32 bits per heavy atom. The lowest BCUT2D eigenvalue weighted by molar-refractivity contribution is -0.125. The highest BCUT2D eigenvalue weighted by atomic mass is 35.5. The molecule has 1 amide bonds. The smallest absolute Gasteiger partial charge is 0.223 e. The van der Waals surface area contributed by atoms with Crippen LogP contribution in [0, 0.1) is 12.8 Å². The summed E-state index contributed by atoms with van der Waals surface area (Å²) in [5.41, 5.74) is 2.72. The minimum absolute atomic E-state index is 0.0235. The number of thiol groups is 1. The molecule has 9 heteroatoms. The number of hydrogen-bond acceptors (Lipinski definition) is 6. The van der Waals surface area contributed by atoms with Crippen molar-refractivity contribution in [2.75, 3.05) is 30.3 Å². The van der Waals surface area contributed by atoms with Gasteiger partial charge in [-0.1, -0.05) is 17.7 Å². The zero-order valence-electron chi connectivity index (χ0n) is 15.6. The van der Waals surface area contributed by atoms with E-state index < -0.39 is 10.7 Å². The molecule has 7 nitrogen and oxygen atoms in total. The number of carbonyl (C=O) groups excluding carboxylic acids is 1. The molecule has 1 N–H and O–H groups in total. The van der Waals surface area contributed by atoms with Crippen molar-refractivity contribution in [3.05, 3.63) is 41.2 Å². The van der Waals surface area contributed by atoms with Crippen LogP contribution < -0.4 is 10.2 Å². The number of nitrogens with one attached hydrogen (secondary N) is 1. The predicted octanol–water partition coefficient (Wildman–Crippen LogP) is 2.05. The third-order valence-electron chi connectivity index (χ3n) is 4.89. The monoisotopic (exact) mass is 422 g/mol. The van der Waals surface area contributed by atoms with Crippen molar-refractivity contribution in [3.63, 3.8) is 0 Å². The lowest BCUT2D eigenvalue weighted by atomic mass is 9.95. The van der Waals surface area contributed by atoms with Crippen molar-refractivity contribution < 1.29 is 13.2 Å². The van der Waals surface area contributed by atoms with Crippen LogP contribution in [-0.4, -0.2) is 49.7 Å². The molecule has 28 heavy (non-hydrogen) atoms. The van der Waals surface area contributed by atoms with Gasteiger partial charge < -0.3 is 10.2 Å². The van der Waals surface area contributed by atoms with Crippen molar-refractivity contribution in [3.8, 4) is 11.3 Å². The first-order valence-corrected chi connectivity index (χ1v) is 10.9. The van der Waals surface area contributed by atoms with Crippen LogP contribution in [0.4, 0.5) is 5.82 Å². The van der Waals surface area contributed by atoms with Crippen LogP contribution in [0.25, 0.3) is 11.3 Å². The summed E-state index contributed by atoms with van der Waals surface area (Å²) in [4.78, 5) is 23.2. The van der Waals surface area contributed by atoms with Crippen molar-refractivity contribution in [2.24, 2.45) is 5.92 Å². The summed E-state index contributed by atoms with van der Waals surface area (Å²) in [6.07, 6.45) is 4.77. The first-order valence-electron chi connectivity index (χ1n) is 9.17. The van der Waals surface area contributed by atoms with E-state index in [9.17, 15) is 13.2 Å². The number of rotatable bonds is 6. The summed E-state index contributed by atoms with van der Waals surface area (Å²) in [6, 6.07) is 5.83. The summed E-state index contributed by atoms with van der Waals surface area (Å²) in [6.45, 7) is 3.56. The molecule has 1 aliphatic rings. The predicted molar refractivity (Wildman–Crippen MR) is 110 cm³/mol. The van der Waals surface area contributed by atoms with E-state index in [2.05, 4.69) is 20.2 Å². The molecule has 0 aliphatic carbocycles. The molecule has 0 unspecified atom stereocenters. The number of hydrogen-bond donors (Lipinski definition) is 2. The second-order valence-corrected chi connectivity index (χ2v) is 8.32. The molecule has 1 aliphatic heterocycles. The first kappa shape index (κ1) is 20.5. The first-order chi connectivity index (χ1) is 13.5. The number of aromatic nitrogens is 2. The molecule has 150 valence electrons. The minimum Gasteiger partial charge on any atom is -0.357 e. The Morgan fingerprint density at radius 2 is 2.07 bits per heavy atom. The van der Waals surface area contributed by atoms with Gasteiger partial charge in [-0.25, -0.2) is 13.4 Å². The molecule has 2 aromatic heterocycles. The zero-order valence-corrected chi connectivity index (χ0v) is 17.2. The lowest BCUT2D eigenvalue weighted by Gasteiger charge is -2.32. The van der Waals surface area contributed by atoms with Crippen LogP contribution >= 0.6 is 11.6 Å². The minimum atomic E-state index is -2.46. The number of amides is 1. The number of carbonyl (C=O) groups is 1. The molecule has 0 spiro atoms. The Kier molecular flexibility index (Phi) is 6.85. The molecule has 0 aromatic carbocycles. The quantitative estimate of drug-likeness (QED) is 0.692. The van der Waals surface area contributed by atoms with Crippen LogP contribution in [0.3, 0.4) is 0 Å². The van der Waals surface area contributed by atoms with Gasteiger partial charge in [-0.05, 0) is 37.5 Å². The fraction of sp³-hybridized carbons (Fsp3) is 0.421. The maximum Gasteiger partial charge on any atom is 0.223 e. The fourth-order valence-corrected chi connectivity index (χ4v) is 3.82. The molecule has 0 bridgehead atoms. The zero-order chi connectivity index (χ0) is 20.1. The van der Waals surface area contributed by atoms with Crippen LogP contribution in [0.2, 0.25) is 5.02 Å². The number of aryl methyl sites for hydroxylation is 1. The summed E-state index contributed by atoms with van der Waals surface area (Å²) in [5.74, 6) is 0.604. The standard InChI is InChI=1S/C19H23ClN4O3S/c1-13-3-2-6-21-18(13)15-11-17(23-12-16(15)20)24-8-4-14(5-9-24)19(25)22-7-10-28(26)27/h2-3,6,11-12,14,28H,4-5,7-10H2,1H3,(H,22,25). The number of piperidine rings is 1. The van der Waals surface area contributed by atoms with Gasteiger partial charge in [0.25, 0.3) is 0 Å². The third-order valence-corrected chi connectivity index (χ3v) is 5.78. The summed E-state index contributed by atoms with van der Waals surface area (Å²) < 4.78 is 21.2. The van der Waals surface area contributed by atoms with Crippen LogP contribution in [-0.2, 0) is 15.5 Å². The van der Waals surface area contributed by atoms with E-state index in [-0.39, 0.29) is 24.1 Å². The highest BCUT2D eigenvalue weighted by molar-refractivity contribution is 7.72. The maximum absolute atomic E-state index is 12.2. The molecule has 1 saturated heterocycles. The van der Waals surface area contributed by atoms with Gasteiger partial charge in [-0.3, -0.25) is 9.78 Å². The van der Waals surface area contributed by atoms with Gasteiger partial charge in [0.05, 0.1) is 16.5 Å². The van der Waals surface area contributed by atoms with Crippen molar-refractivity contribution in [1.82, 2.24) is 15.3 Å². The lowest BCUT2D eigenvalue weighted by Crippen LogP contribution is -2.41. The van der Waals surface area contributed by atoms with Gasteiger partial charge in [-0.15, -0.1) is 0 Å². The molecular formula is C19H23ClN4O3S. The van der Waals surface area contributed by atoms with Crippen molar-refractivity contribution in [2.45, 2.75) is 19.8 Å².